The van der Waals surface area contributed by atoms with Crippen molar-refractivity contribution >= 4 is 33.8 Å². The fourth-order valence-electron chi connectivity index (χ4n) is 4.43. The van der Waals surface area contributed by atoms with E-state index in [0.717, 1.165) is 0 Å². The van der Waals surface area contributed by atoms with Gasteiger partial charge in [-0.1, -0.05) is 6.92 Å². The van der Waals surface area contributed by atoms with Crippen LogP contribution >= 0.6 is 11.8 Å². The number of hydrogen-bond acceptors (Lipinski definition) is 7. The molecule has 2 fully saturated rings. The minimum Gasteiger partial charge on any atom is -0.477 e. The topological polar surface area (TPSA) is 139 Å². The molecule has 0 radical (unpaired) electrons. The number of aliphatic hydroxyl groups is 1. The van der Waals surface area contributed by atoms with E-state index >= 15 is 0 Å². The summed E-state index contributed by atoms with van der Waals surface area (Å²) in [4.78, 5) is 26.2. The average Bonchev–Trinajstić information content (AvgIpc) is 3.16. The number of carboxylic acid groups (broad SMARTS) is 1. The summed E-state index contributed by atoms with van der Waals surface area (Å²) in [5, 5.41) is 23.0. The smallest absolute Gasteiger partial charge is 0.353 e. The first-order chi connectivity index (χ1) is 13.5. The highest BCUT2D eigenvalue weighted by atomic mass is 32.2. The molecule has 3 rings (SSSR count). The standard InChI is InChI=1S/C17H28N4O6S2/c1-8-13-12(9(2)22)16(23)21(13)14(17(24)25)15(8)28-11-5-10(19-6-11)7-20(4)29(26,27)18-3/h8-13,18-19,22H,5-7H2,1-4H3,(H,24,25)/t8-,9-,10+,11+,12-,13-/m1/s1. The number of thioether (sulfide) groups is 1. The highest BCUT2D eigenvalue weighted by Crippen LogP contribution is 2.51. The number of amides is 1. The minimum atomic E-state index is -3.50. The molecule has 12 heteroatoms. The summed E-state index contributed by atoms with van der Waals surface area (Å²) in [5.41, 5.74) is 0.0210. The van der Waals surface area contributed by atoms with Crippen LogP contribution in [0.3, 0.4) is 0 Å². The van der Waals surface area contributed by atoms with Crippen LogP contribution in [0, 0.1) is 11.8 Å². The molecule has 0 bridgehead atoms. The fourth-order valence-corrected chi connectivity index (χ4v) is 6.64. The van der Waals surface area contributed by atoms with Gasteiger partial charge in [-0.05, 0) is 13.3 Å². The molecule has 0 aromatic carbocycles. The number of rotatable bonds is 8. The molecule has 29 heavy (non-hydrogen) atoms. The van der Waals surface area contributed by atoms with Crippen LogP contribution in [0.1, 0.15) is 20.3 Å². The van der Waals surface area contributed by atoms with Crippen LogP contribution in [0.2, 0.25) is 0 Å². The Balaban J connectivity index is 1.70. The number of likely N-dealkylation sites (N-methyl/N-ethyl adjacent to an activating group) is 1. The highest BCUT2D eigenvalue weighted by Gasteiger charge is 2.60. The van der Waals surface area contributed by atoms with E-state index in [1.165, 1.54) is 35.1 Å². The summed E-state index contributed by atoms with van der Waals surface area (Å²) in [5.74, 6) is -2.23. The molecule has 2 saturated heterocycles. The van der Waals surface area contributed by atoms with Crippen molar-refractivity contribution in [1.29, 1.82) is 0 Å². The predicted molar refractivity (Wildman–Crippen MR) is 108 cm³/mol. The van der Waals surface area contributed by atoms with Gasteiger partial charge >= 0.3 is 5.97 Å². The summed E-state index contributed by atoms with van der Waals surface area (Å²) in [6.07, 6.45) is -0.150. The zero-order valence-electron chi connectivity index (χ0n) is 16.8. The number of aliphatic carboxylic acids is 1. The van der Waals surface area contributed by atoms with E-state index in [1.54, 1.807) is 6.92 Å². The predicted octanol–water partition coefficient (Wildman–Crippen LogP) is -1.00. The molecule has 3 aliphatic heterocycles. The Kier molecular flexibility index (Phi) is 6.33. The van der Waals surface area contributed by atoms with Gasteiger partial charge in [-0.15, -0.1) is 11.8 Å². The van der Waals surface area contributed by atoms with Crippen LogP contribution < -0.4 is 10.0 Å². The first kappa shape index (κ1) is 22.5. The first-order valence-electron chi connectivity index (χ1n) is 9.53. The lowest BCUT2D eigenvalue weighted by Gasteiger charge is -2.46. The zero-order chi connectivity index (χ0) is 21.7. The van der Waals surface area contributed by atoms with E-state index in [9.17, 15) is 28.2 Å². The Hall–Kier alpha value is -1.18. The highest BCUT2D eigenvalue weighted by molar-refractivity contribution is 8.03. The molecule has 10 nitrogen and oxygen atoms in total. The molecule has 3 aliphatic rings. The number of aliphatic hydroxyl groups excluding tert-OH is 1. The van der Waals surface area contributed by atoms with Crippen LogP contribution in [0.25, 0.3) is 0 Å². The quantitative estimate of drug-likeness (QED) is 0.347. The van der Waals surface area contributed by atoms with E-state index in [4.69, 9.17) is 0 Å². The Morgan fingerprint density at radius 1 is 1.48 bits per heavy atom. The molecule has 164 valence electrons. The number of carboxylic acids is 1. The Morgan fingerprint density at radius 3 is 2.69 bits per heavy atom. The molecule has 0 saturated carbocycles. The Morgan fingerprint density at radius 2 is 2.14 bits per heavy atom. The van der Waals surface area contributed by atoms with E-state index < -0.39 is 28.2 Å². The third-order valence-electron chi connectivity index (χ3n) is 5.93. The number of nitrogens with zero attached hydrogens (tertiary/aromatic N) is 2. The molecular formula is C17H28N4O6S2. The molecule has 0 unspecified atom stereocenters. The van der Waals surface area contributed by atoms with Crippen molar-refractivity contribution in [3.63, 3.8) is 0 Å². The summed E-state index contributed by atoms with van der Waals surface area (Å²) in [6, 6.07) is -0.372. The molecular weight excluding hydrogens is 420 g/mol. The summed E-state index contributed by atoms with van der Waals surface area (Å²) in [6.45, 7) is 4.37. The van der Waals surface area contributed by atoms with Crippen LogP contribution in [0.15, 0.2) is 10.6 Å². The summed E-state index contributed by atoms with van der Waals surface area (Å²) < 4.78 is 27.2. The maximum atomic E-state index is 12.4. The van der Waals surface area contributed by atoms with Crippen LogP contribution in [0.4, 0.5) is 0 Å². The van der Waals surface area contributed by atoms with Crippen LogP contribution in [-0.2, 0) is 19.8 Å². The number of fused-ring (bicyclic) bond motifs is 1. The molecule has 6 atom stereocenters. The second kappa shape index (κ2) is 8.16. The van der Waals surface area contributed by atoms with Crippen molar-refractivity contribution in [3.05, 3.63) is 10.6 Å². The zero-order valence-corrected chi connectivity index (χ0v) is 18.5. The lowest BCUT2D eigenvalue weighted by molar-refractivity contribution is -0.163. The lowest BCUT2D eigenvalue weighted by Crippen LogP contribution is -2.63. The van der Waals surface area contributed by atoms with E-state index in [0.29, 0.717) is 24.4 Å². The fraction of sp³-hybridized carbons (Fsp3) is 0.765. The van der Waals surface area contributed by atoms with Crippen molar-refractivity contribution in [2.75, 3.05) is 27.2 Å². The van der Waals surface area contributed by atoms with Gasteiger partial charge in [0.1, 0.15) is 5.70 Å². The molecule has 4 N–H and O–H groups in total. The number of nitrogens with one attached hydrogen (secondary N) is 2. The van der Waals surface area contributed by atoms with Gasteiger partial charge in [0.25, 0.3) is 10.2 Å². The van der Waals surface area contributed by atoms with Crippen molar-refractivity contribution in [1.82, 2.24) is 19.2 Å². The molecule has 0 aliphatic carbocycles. The van der Waals surface area contributed by atoms with Gasteiger partial charge in [0.05, 0.1) is 18.1 Å². The lowest BCUT2D eigenvalue weighted by atomic mass is 9.79. The SMILES string of the molecule is CNS(=O)(=O)N(C)C[C@@H]1C[C@H](SC2=C(C(=O)O)N3C(=O)[C@H]([C@@H](C)O)[C@H]3[C@H]2C)CN1. The van der Waals surface area contributed by atoms with Gasteiger partial charge in [-0.25, -0.2) is 9.52 Å². The first-order valence-corrected chi connectivity index (χ1v) is 11.8. The molecule has 1 amide bonds. The molecule has 3 heterocycles. The minimum absolute atomic E-state index is 0.0210. The van der Waals surface area contributed by atoms with Gasteiger partial charge in [0, 0.05) is 49.3 Å². The van der Waals surface area contributed by atoms with Crippen LogP contribution in [-0.4, -0.2) is 90.3 Å². The van der Waals surface area contributed by atoms with Gasteiger partial charge in [0.15, 0.2) is 0 Å². The second-order valence-corrected chi connectivity index (χ2v) is 11.2. The summed E-state index contributed by atoms with van der Waals surface area (Å²) >= 11 is 1.44. The maximum Gasteiger partial charge on any atom is 0.353 e. The average molecular weight is 449 g/mol. The second-order valence-electron chi connectivity index (χ2n) is 7.84. The van der Waals surface area contributed by atoms with Crippen LogP contribution in [0.5, 0.6) is 0 Å². The van der Waals surface area contributed by atoms with Gasteiger partial charge < -0.3 is 20.4 Å². The van der Waals surface area contributed by atoms with Gasteiger partial charge in [-0.2, -0.15) is 12.7 Å². The van der Waals surface area contributed by atoms with Gasteiger partial charge in [-0.3, -0.25) is 4.79 Å². The van der Waals surface area contributed by atoms with Crippen molar-refractivity contribution in [2.24, 2.45) is 11.8 Å². The van der Waals surface area contributed by atoms with E-state index in [-0.39, 0.29) is 34.9 Å². The number of carbonyl (C=O) groups is 2. The summed E-state index contributed by atoms with van der Waals surface area (Å²) in [7, 11) is -0.634. The van der Waals surface area contributed by atoms with Gasteiger partial charge in [0.2, 0.25) is 5.91 Å². The molecule has 0 aromatic heterocycles. The normalized spacial score (nSPS) is 33.2. The van der Waals surface area contributed by atoms with E-state index in [1.807, 2.05) is 6.92 Å². The van der Waals surface area contributed by atoms with Crippen molar-refractivity contribution in [2.45, 2.75) is 43.7 Å². The number of carbonyl (C=O) groups excluding carboxylic acids is 1. The molecule has 0 aromatic rings. The third-order valence-corrected chi connectivity index (χ3v) is 8.93. The maximum absolute atomic E-state index is 12.4. The Labute approximate surface area is 174 Å². The van der Waals surface area contributed by atoms with Crippen molar-refractivity contribution < 1.29 is 28.2 Å². The largest absolute Gasteiger partial charge is 0.477 e. The number of β-lactam (4-membered cyclic amide) rings is 1. The third kappa shape index (κ3) is 3.93. The monoisotopic (exact) mass is 448 g/mol. The Bertz CT molecular complexity index is 830. The van der Waals surface area contributed by atoms with E-state index in [2.05, 4.69) is 10.0 Å². The molecule has 0 spiro atoms. The van der Waals surface area contributed by atoms with Crippen molar-refractivity contribution in [3.8, 4) is 0 Å². The number of hydrogen-bond donors (Lipinski definition) is 4.